The maximum absolute atomic E-state index is 12.2. The van der Waals surface area contributed by atoms with E-state index in [4.69, 9.17) is 9.56 Å². The van der Waals surface area contributed by atoms with Crippen molar-refractivity contribution in [3.8, 4) is 0 Å². The molecule has 0 unspecified atom stereocenters. The highest BCUT2D eigenvalue weighted by Crippen LogP contribution is 2.16. The largest absolute Gasteiger partial charge is 0.437 e. The summed E-state index contributed by atoms with van der Waals surface area (Å²) in [5.41, 5.74) is 1.31. The van der Waals surface area contributed by atoms with E-state index in [0.29, 0.717) is 12.2 Å². The molecule has 0 aliphatic rings. The van der Waals surface area contributed by atoms with E-state index in [2.05, 4.69) is 10.3 Å². The van der Waals surface area contributed by atoms with Crippen molar-refractivity contribution in [2.75, 3.05) is 5.32 Å². The fraction of sp³-hybridized carbons (Fsp3) is 0.0588. The summed E-state index contributed by atoms with van der Waals surface area (Å²) in [6.45, 7) is 0. The zero-order chi connectivity index (χ0) is 17.9. The number of anilines is 1. The monoisotopic (exact) mass is 357 g/mol. The van der Waals surface area contributed by atoms with Crippen LogP contribution in [0, 0.1) is 0 Å². The first-order valence-corrected chi connectivity index (χ1v) is 8.89. The third-order valence-corrected chi connectivity index (χ3v) is 4.30. The fourth-order valence-corrected chi connectivity index (χ4v) is 2.79. The molecule has 2 aromatic carbocycles. The molecule has 3 N–H and O–H groups in total. The van der Waals surface area contributed by atoms with Crippen LogP contribution in [0.15, 0.2) is 70.1 Å². The minimum atomic E-state index is -3.85. The molecule has 3 aromatic rings. The molecular formula is C17H15N3O4S. The van der Waals surface area contributed by atoms with Crippen LogP contribution in [0.2, 0.25) is 0 Å². The first-order chi connectivity index (χ1) is 11.9. The van der Waals surface area contributed by atoms with E-state index in [1.54, 1.807) is 6.07 Å². The fourth-order valence-electron chi connectivity index (χ4n) is 2.23. The molecule has 3 rings (SSSR count). The number of oxazole rings is 1. The number of hydrogen-bond donors (Lipinski definition) is 2. The third-order valence-electron chi connectivity index (χ3n) is 3.39. The number of rotatable bonds is 5. The number of amides is 1. The highest BCUT2D eigenvalue weighted by Gasteiger charge is 2.15. The summed E-state index contributed by atoms with van der Waals surface area (Å²) < 4.78 is 28.2. The minimum Gasteiger partial charge on any atom is -0.437 e. The van der Waals surface area contributed by atoms with Gasteiger partial charge in [0.25, 0.3) is 5.89 Å². The summed E-state index contributed by atoms with van der Waals surface area (Å²) in [6.07, 6.45) is 2.00. The average molecular weight is 357 g/mol. The molecule has 0 aliphatic carbocycles. The van der Waals surface area contributed by atoms with Gasteiger partial charge in [0.2, 0.25) is 10.0 Å². The molecule has 25 heavy (non-hydrogen) atoms. The predicted octanol–water partition coefficient (Wildman–Crippen LogP) is 2.17. The van der Waals surface area contributed by atoms with Crippen LogP contribution in [0.5, 0.6) is 0 Å². The topological polar surface area (TPSA) is 115 Å². The van der Waals surface area contributed by atoms with Gasteiger partial charge in [-0.15, -0.1) is 0 Å². The number of hydrogen-bond acceptors (Lipinski definition) is 5. The van der Waals surface area contributed by atoms with E-state index in [0.717, 1.165) is 5.56 Å². The van der Waals surface area contributed by atoms with Gasteiger partial charge in [0.05, 0.1) is 11.1 Å². The van der Waals surface area contributed by atoms with Crippen LogP contribution in [0.1, 0.15) is 22.0 Å². The van der Waals surface area contributed by atoms with Crippen LogP contribution in [0.3, 0.4) is 0 Å². The Kier molecular flexibility index (Phi) is 4.64. The molecule has 0 aliphatic heterocycles. The van der Waals surface area contributed by atoms with Gasteiger partial charge in [0.1, 0.15) is 5.76 Å². The number of aromatic nitrogens is 1. The molecule has 7 nitrogen and oxygen atoms in total. The van der Waals surface area contributed by atoms with Gasteiger partial charge in [-0.3, -0.25) is 4.79 Å². The second kappa shape index (κ2) is 6.88. The molecular weight excluding hydrogens is 342 g/mol. The molecule has 128 valence electrons. The van der Waals surface area contributed by atoms with Crippen molar-refractivity contribution in [1.82, 2.24) is 4.98 Å². The van der Waals surface area contributed by atoms with E-state index >= 15 is 0 Å². The van der Waals surface area contributed by atoms with Crippen LogP contribution in [-0.4, -0.2) is 19.3 Å². The van der Waals surface area contributed by atoms with Crippen LogP contribution < -0.4 is 10.5 Å². The summed E-state index contributed by atoms with van der Waals surface area (Å²) in [7, 11) is -3.85. The number of benzene rings is 2. The Bertz CT molecular complexity index is 997. The summed E-state index contributed by atoms with van der Waals surface area (Å²) >= 11 is 0. The summed E-state index contributed by atoms with van der Waals surface area (Å²) in [5, 5.41) is 7.61. The molecule has 1 amide bonds. The van der Waals surface area contributed by atoms with Gasteiger partial charge >= 0.3 is 5.91 Å². The number of nitrogens with zero attached hydrogens (tertiary/aromatic N) is 1. The number of nitrogens with one attached hydrogen (secondary N) is 1. The quantitative estimate of drug-likeness (QED) is 0.726. The van der Waals surface area contributed by atoms with Gasteiger partial charge in [0, 0.05) is 12.1 Å². The van der Waals surface area contributed by atoms with Crippen LogP contribution in [-0.2, 0) is 16.4 Å². The van der Waals surface area contributed by atoms with Gasteiger partial charge in [-0.05, 0) is 23.8 Å². The molecule has 0 radical (unpaired) electrons. The predicted molar refractivity (Wildman–Crippen MR) is 91.5 cm³/mol. The Morgan fingerprint density at radius 3 is 2.60 bits per heavy atom. The van der Waals surface area contributed by atoms with E-state index in [1.165, 1.54) is 24.4 Å². The lowest BCUT2D eigenvalue weighted by Crippen LogP contribution is -2.15. The average Bonchev–Trinajstić information content (AvgIpc) is 3.04. The number of carbonyl (C=O) groups excluding carboxylic acids is 1. The zero-order valence-corrected chi connectivity index (χ0v) is 13.9. The van der Waals surface area contributed by atoms with Crippen molar-refractivity contribution in [3.05, 3.63) is 78.0 Å². The van der Waals surface area contributed by atoms with E-state index in [-0.39, 0.29) is 16.5 Å². The van der Waals surface area contributed by atoms with Gasteiger partial charge in [-0.2, -0.15) is 0 Å². The standard InChI is InChI=1S/C17H15N3O4S/c18-25(22,23)15-8-4-7-13(10-15)20-16(21)17-19-11-14(24-17)9-12-5-2-1-3-6-12/h1-8,10-11H,9H2,(H,20,21)(H2,18,22,23). The third kappa shape index (κ3) is 4.31. The number of nitrogens with two attached hydrogens (primary N) is 1. The normalized spacial score (nSPS) is 11.2. The first kappa shape index (κ1) is 16.9. The summed E-state index contributed by atoms with van der Waals surface area (Å²) in [6, 6.07) is 15.3. The van der Waals surface area contributed by atoms with Crippen molar-refractivity contribution >= 4 is 21.6 Å². The maximum atomic E-state index is 12.2. The molecule has 0 saturated heterocycles. The van der Waals surface area contributed by atoms with Crippen molar-refractivity contribution in [2.24, 2.45) is 5.14 Å². The first-order valence-electron chi connectivity index (χ1n) is 7.35. The lowest BCUT2D eigenvalue weighted by molar-refractivity contribution is 0.0988. The number of sulfonamides is 1. The van der Waals surface area contributed by atoms with E-state index in [1.807, 2.05) is 30.3 Å². The SMILES string of the molecule is NS(=O)(=O)c1cccc(NC(=O)c2ncc(Cc3ccccc3)o2)c1. The summed E-state index contributed by atoms with van der Waals surface area (Å²) in [5.74, 6) is -0.132. The lowest BCUT2D eigenvalue weighted by Gasteiger charge is -2.04. The Morgan fingerprint density at radius 2 is 1.88 bits per heavy atom. The molecule has 0 atom stereocenters. The molecule has 0 bridgehead atoms. The smallest absolute Gasteiger partial charge is 0.311 e. The van der Waals surface area contributed by atoms with Gasteiger partial charge in [-0.25, -0.2) is 18.5 Å². The van der Waals surface area contributed by atoms with Gasteiger partial charge < -0.3 is 9.73 Å². The van der Waals surface area contributed by atoms with Crippen LogP contribution in [0.25, 0.3) is 0 Å². The minimum absolute atomic E-state index is 0.0949. The molecule has 8 heteroatoms. The molecule has 1 heterocycles. The van der Waals surface area contributed by atoms with Crippen LogP contribution >= 0.6 is 0 Å². The Morgan fingerprint density at radius 1 is 1.12 bits per heavy atom. The number of primary sulfonamides is 1. The van der Waals surface area contributed by atoms with E-state index < -0.39 is 15.9 Å². The van der Waals surface area contributed by atoms with E-state index in [9.17, 15) is 13.2 Å². The van der Waals surface area contributed by atoms with Crippen molar-refractivity contribution in [2.45, 2.75) is 11.3 Å². The summed E-state index contributed by atoms with van der Waals surface area (Å²) in [4.78, 5) is 16.1. The number of carbonyl (C=O) groups is 1. The molecule has 0 spiro atoms. The van der Waals surface area contributed by atoms with Crippen molar-refractivity contribution in [1.29, 1.82) is 0 Å². The Hall–Kier alpha value is -2.97. The Labute approximate surface area is 144 Å². The van der Waals surface area contributed by atoms with Crippen LogP contribution in [0.4, 0.5) is 5.69 Å². The van der Waals surface area contributed by atoms with Gasteiger partial charge in [0.15, 0.2) is 0 Å². The second-order valence-electron chi connectivity index (χ2n) is 5.32. The molecule has 0 saturated carbocycles. The van der Waals surface area contributed by atoms with Crippen molar-refractivity contribution < 1.29 is 17.6 Å². The highest BCUT2D eigenvalue weighted by molar-refractivity contribution is 7.89. The second-order valence-corrected chi connectivity index (χ2v) is 6.88. The molecule has 0 fully saturated rings. The molecule has 1 aromatic heterocycles. The van der Waals surface area contributed by atoms with Crippen molar-refractivity contribution in [3.63, 3.8) is 0 Å². The Balaban J connectivity index is 1.72. The van der Waals surface area contributed by atoms with Gasteiger partial charge in [-0.1, -0.05) is 36.4 Å². The lowest BCUT2D eigenvalue weighted by atomic mass is 10.1. The highest BCUT2D eigenvalue weighted by atomic mass is 32.2. The maximum Gasteiger partial charge on any atom is 0.311 e. The zero-order valence-electron chi connectivity index (χ0n) is 13.0.